The first-order valence-electron chi connectivity index (χ1n) is 8.45. The molecule has 0 aromatic heterocycles. The van der Waals surface area contributed by atoms with Gasteiger partial charge >= 0.3 is 5.97 Å². The van der Waals surface area contributed by atoms with E-state index in [9.17, 15) is 15.0 Å². The lowest BCUT2D eigenvalue weighted by Crippen LogP contribution is -2.12. The zero-order valence-corrected chi connectivity index (χ0v) is 15.5. The van der Waals surface area contributed by atoms with E-state index in [0.717, 1.165) is 16.7 Å². The van der Waals surface area contributed by atoms with E-state index in [1.165, 1.54) is 12.1 Å². The lowest BCUT2D eigenvalue weighted by molar-refractivity contribution is 0.0526. The number of esters is 1. The van der Waals surface area contributed by atoms with Crippen LogP contribution in [0.15, 0.2) is 30.3 Å². The smallest absolute Gasteiger partial charge is 0.338 e. The molecule has 134 valence electrons. The molecule has 4 heteroatoms. The third-order valence-electron chi connectivity index (χ3n) is 4.11. The Morgan fingerprint density at radius 1 is 1.08 bits per heavy atom. The number of aryl methyl sites for hydroxylation is 1. The molecule has 0 spiro atoms. The van der Waals surface area contributed by atoms with E-state index < -0.39 is 5.97 Å². The normalized spacial score (nSPS) is 11.4. The van der Waals surface area contributed by atoms with Crippen LogP contribution < -0.4 is 0 Å². The zero-order chi connectivity index (χ0) is 18.8. The molecule has 25 heavy (non-hydrogen) atoms. The molecule has 0 fully saturated rings. The Kier molecular flexibility index (Phi) is 5.41. The van der Waals surface area contributed by atoms with Crippen molar-refractivity contribution >= 4 is 5.97 Å². The number of ether oxygens (including phenoxy) is 1. The van der Waals surface area contributed by atoms with Gasteiger partial charge in [-0.1, -0.05) is 38.5 Å². The van der Waals surface area contributed by atoms with Crippen molar-refractivity contribution < 1.29 is 19.7 Å². The molecule has 0 saturated heterocycles. The molecule has 0 aliphatic rings. The molecule has 0 bridgehead atoms. The molecule has 0 amide bonds. The second kappa shape index (κ2) is 7.18. The summed E-state index contributed by atoms with van der Waals surface area (Å²) in [4.78, 5) is 11.9. The number of carbonyl (C=O) groups is 1. The highest BCUT2D eigenvalue weighted by Crippen LogP contribution is 2.36. The average molecular weight is 342 g/mol. The Balaban J connectivity index is 2.45. The molecule has 4 nitrogen and oxygen atoms in total. The first-order chi connectivity index (χ1) is 11.6. The largest absolute Gasteiger partial charge is 0.508 e. The highest BCUT2D eigenvalue weighted by Gasteiger charge is 2.21. The first-order valence-corrected chi connectivity index (χ1v) is 8.45. The topological polar surface area (TPSA) is 66.8 Å². The average Bonchev–Trinajstić information content (AvgIpc) is 2.51. The molecule has 0 saturated carbocycles. The van der Waals surface area contributed by atoms with Crippen LogP contribution >= 0.6 is 0 Å². The van der Waals surface area contributed by atoms with Crippen molar-refractivity contribution in [2.75, 3.05) is 6.61 Å². The van der Waals surface area contributed by atoms with Gasteiger partial charge in [-0.15, -0.1) is 0 Å². The fourth-order valence-corrected chi connectivity index (χ4v) is 2.83. The van der Waals surface area contributed by atoms with E-state index in [-0.39, 0.29) is 16.9 Å². The molecule has 2 N–H and O–H groups in total. The maximum Gasteiger partial charge on any atom is 0.338 e. The number of hydrogen-bond acceptors (Lipinski definition) is 4. The van der Waals surface area contributed by atoms with Gasteiger partial charge in [-0.05, 0) is 54.2 Å². The molecule has 0 unspecified atom stereocenters. The van der Waals surface area contributed by atoms with E-state index in [4.69, 9.17) is 4.74 Å². The van der Waals surface area contributed by atoms with Crippen molar-refractivity contribution in [1.82, 2.24) is 0 Å². The van der Waals surface area contributed by atoms with Crippen LogP contribution in [0.2, 0.25) is 0 Å². The van der Waals surface area contributed by atoms with Crippen LogP contribution in [0.3, 0.4) is 0 Å². The predicted octanol–water partition coefficient (Wildman–Crippen LogP) is 4.47. The summed E-state index contributed by atoms with van der Waals surface area (Å²) in [5.41, 5.74) is 3.40. The molecular formula is C21H26O4. The Labute approximate surface area is 149 Å². The third-order valence-corrected chi connectivity index (χ3v) is 4.11. The summed E-state index contributed by atoms with van der Waals surface area (Å²) in [7, 11) is 0. The first kappa shape index (κ1) is 18.8. The second-order valence-corrected chi connectivity index (χ2v) is 7.31. The molecule has 0 radical (unpaired) electrons. The summed E-state index contributed by atoms with van der Waals surface area (Å²) in [5.74, 6) is -0.0992. The lowest BCUT2D eigenvalue weighted by atomic mass is 9.83. The number of carbonyl (C=O) groups excluding carboxylic acids is 1. The van der Waals surface area contributed by atoms with Crippen LogP contribution in [0.4, 0.5) is 0 Å². The van der Waals surface area contributed by atoms with Crippen LogP contribution in [0.25, 0.3) is 0 Å². The summed E-state index contributed by atoms with van der Waals surface area (Å²) >= 11 is 0. The number of rotatable bonds is 4. The van der Waals surface area contributed by atoms with Crippen molar-refractivity contribution in [2.45, 2.75) is 46.5 Å². The third kappa shape index (κ3) is 4.32. The van der Waals surface area contributed by atoms with Crippen molar-refractivity contribution in [2.24, 2.45) is 0 Å². The van der Waals surface area contributed by atoms with E-state index in [2.05, 4.69) is 0 Å². The van der Waals surface area contributed by atoms with Gasteiger partial charge in [0.15, 0.2) is 0 Å². The van der Waals surface area contributed by atoms with Gasteiger partial charge in [0.2, 0.25) is 0 Å². The minimum atomic E-state index is -0.424. The SMILES string of the molecule is CCOC(=O)c1ccc(O)c(Cc2cc(C)cc(C(C)(C)C)c2O)c1. The monoisotopic (exact) mass is 342 g/mol. The Bertz CT molecular complexity index is 785. The maximum atomic E-state index is 11.9. The zero-order valence-electron chi connectivity index (χ0n) is 15.5. The predicted molar refractivity (Wildman–Crippen MR) is 98.4 cm³/mol. The van der Waals surface area contributed by atoms with Gasteiger partial charge < -0.3 is 14.9 Å². The van der Waals surface area contributed by atoms with Gasteiger partial charge in [-0.25, -0.2) is 4.79 Å². The highest BCUT2D eigenvalue weighted by atomic mass is 16.5. The number of hydrogen-bond donors (Lipinski definition) is 2. The molecule has 0 aliphatic heterocycles. The van der Waals surface area contributed by atoms with Gasteiger partial charge in [0.05, 0.1) is 12.2 Å². The molecular weight excluding hydrogens is 316 g/mol. The quantitative estimate of drug-likeness (QED) is 0.805. The summed E-state index contributed by atoms with van der Waals surface area (Å²) in [6.07, 6.45) is 0.329. The van der Waals surface area contributed by atoms with E-state index in [1.54, 1.807) is 13.0 Å². The molecule has 2 aromatic carbocycles. The minimum absolute atomic E-state index is 0.0891. The van der Waals surface area contributed by atoms with Crippen molar-refractivity contribution in [3.63, 3.8) is 0 Å². The minimum Gasteiger partial charge on any atom is -0.508 e. The summed E-state index contributed by atoms with van der Waals surface area (Å²) < 4.78 is 5.01. The van der Waals surface area contributed by atoms with Crippen LogP contribution in [0.1, 0.15) is 60.3 Å². The molecule has 0 aliphatic carbocycles. The van der Waals surface area contributed by atoms with Crippen molar-refractivity contribution in [3.8, 4) is 11.5 Å². The fourth-order valence-electron chi connectivity index (χ4n) is 2.83. The Hall–Kier alpha value is -2.49. The van der Waals surface area contributed by atoms with Crippen LogP contribution in [-0.4, -0.2) is 22.8 Å². The van der Waals surface area contributed by atoms with Gasteiger partial charge in [-0.2, -0.15) is 0 Å². The van der Waals surface area contributed by atoms with Gasteiger partial charge in [0, 0.05) is 6.42 Å². The van der Waals surface area contributed by atoms with Gasteiger partial charge in [-0.3, -0.25) is 0 Å². The van der Waals surface area contributed by atoms with Gasteiger partial charge in [0.25, 0.3) is 0 Å². The van der Waals surface area contributed by atoms with E-state index >= 15 is 0 Å². The highest BCUT2D eigenvalue weighted by molar-refractivity contribution is 5.89. The Morgan fingerprint density at radius 2 is 1.76 bits per heavy atom. The van der Waals surface area contributed by atoms with E-state index in [1.807, 2.05) is 39.8 Å². The Morgan fingerprint density at radius 3 is 2.36 bits per heavy atom. The number of phenolic OH excluding ortho intramolecular Hbond substituents is 2. The summed E-state index contributed by atoms with van der Waals surface area (Å²) in [6, 6.07) is 8.52. The lowest BCUT2D eigenvalue weighted by Gasteiger charge is -2.23. The molecule has 0 heterocycles. The fraction of sp³-hybridized carbons (Fsp3) is 0.381. The number of aromatic hydroxyl groups is 2. The maximum absolute atomic E-state index is 11.9. The van der Waals surface area contributed by atoms with Crippen molar-refractivity contribution in [1.29, 1.82) is 0 Å². The van der Waals surface area contributed by atoms with Gasteiger partial charge in [0.1, 0.15) is 11.5 Å². The standard InChI is InChI=1S/C21H26O4/c1-6-25-20(24)14-7-8-18(22)15(11-14)12-16-9-13(2)10-17(19(16)23)21(3,4)5/h7-11,22-23H,6,12H2,1-5H3. The van der Waals surface area contributed by atoms with Crippen LogP contribution in [0.5, 0.6) is 11.5 Å². The van der Waals surface area contributed by atoms with E-state index in [0.29, 0.717) is 24.2 Å². The number of phenols is 2. The molecule has 2 rings (SSSR count). The molecule has 2 aromatic rings. The molecule has 0 atom stereocenters. The van der Waals surface area contributed by atoms with Crippen LogP contribution in [-0.2, 0) is 16.6 Å². The summed E-state index contributed by atoms with van der Waals surface area (Å²) in [5, 5.41) is 20.9. The number of benzene rings is 2. The second-order valence-electron chi connectivity index (χ2n) is 7.31. The van der Waals surface area contributed by atoms with Crippen molar-refractivity contribution in [3.05, 3.63) is 58.1 Å². The summed E-state index contributed by atoms with van der Waals surface area (Å²) in [6.45, 7) is 10.2. The van der Waals surface area contributed by atoms with Crippen LogP contribution in [0, 0.1) is 6.92 Å².